The Kier molecular flexibility index (Phi) is 6.52. The van der Waals surface area contributed by atoms with Gasteiger partial charge in [0.1, 0.15) is 12.4 Å². The first-order valence-electron chi connectivity index (χ1n) is 9.85. The van der Waals surface area contributed by atoms with Crippen LogP contribution in [-0.4, -0.2) is 16.1 Å². The van der Waals surface area contributed by atoms with Crippen LogP contribution in [-0.2, 0) is 6.61 Å². The Bertz CT molecular complexity index is 1230. The summed E-state index contributed by atoms with van der Waals surface area (Å²) in [6.45, 7) is 2.53. The van der Waals surface area contributed by atoms with E-state index >= 15 is 0 Å². The van der Waals surface area contributed by atoms with Gasteiger partial charge in [0.2, 0.25) is 5.13 Å². The van der Waals surface area contributed by atoms with Gasteiger partial charge in [0.05, 0.1) is 16.8 Å². The van der Waals surface area contributed by atoms with Gasteiger partial charge in [0, 0.05) is 28.6 Å². The van der Waals surface area contributed by atoms with Crippen molar-refractivity contribution in [3.63, 3.8) is 0 Å². The van der Waals surface area contributed by atoms with E-state index in [9.17, 15) is 10.1 Å². The van der Waals surface area contributed by atoms with E-state index in [1.165, 1.54) is 29.0 Å². The van der Waals surface area contributed by atoms with Crippen molar-refractivity contribution in [3.8, 4) is 17.0 Å². The van der Waals surface area contributed by atoms with Gasteiger partial charge < -0.3 is 4.74 Å². The molecule has 0 amide bonds. The van der Waals surface area contributed by atoms with Crippen molar-refractivity contribution in [1.82, 2.24) is 4.98 Å². The first kappa shape index (κ1) is 21.2. The van der Waals surface area contributed by atoms with E-state index in [0.29, 0.717) is 11.7 Å². The van der Waals surface area contributed by atoms with E-state index < -0.39 is 4.92 Å². The molecule has 0 atom stereocenters. The highest BCUT2D eigenvalue weighted by Gasteiger charge is 2.08. The van der Waals surface area contributed by atoms with E-state index in [1.807, 2.05) is 29.6 Å². The van der Waals surface area contributed by atoms with E-state index in [2.05, 4.69) is 46.7 Å². The maximum absolute atomic E-state index is 10.8. The molecule has 8 heteroatoms. The minimum atomic E-state index is -0.422. The minimum Gasteiger partial charge on any atom is -0.488 e. The zero-order valence-electron chi connectivity index (χ0n) is 17.3. The number of nitro groups is 1. The fraction of sp³-hybridized carbons (Fsp3) is 0.0833. The lowest BCUT2D eigenvalue weighted by Gasteiger charge is -2.09. The van der Waals surface area contributed by atoms with Crippen molar-refractivity contribution in [2.45, 2.75) is 13.5 Å². The van der Waals surface area contributed by atoms with Crippen LogP contribution >= 0.6 is 11.3 Å². The second kappa shape index (κ2) is 9.84. The summed E-state index contributed by atoms with van der Waals surface area (Å²) in [5, 5.41) is 17.6. The standard InChI is InChI=1S/C24H20N4O3S/c1-17-6-8-18(9-7-17)15-31-23-5-3-2-4-20(23)14-25-27-24-26-22(16-32-24)19-10-12-21(13-11-19)28(29)30/h2-14,16H,15H2,1H3,(H,26,27)/b25-14+. The van der Waals surface area contributed by atoms with E-state index in [0.717, 1.165) is 28.1 Å². The summed E-state index contributed by atoms with van der Waals surface area (Å²) < 4.78 is 5.97. The van der Waals surface area contributed by atoms with Gasteiger partial charge in [-0.2, -0.15) is 5.10 Å². The number of hydrogen-bond donors (Lipinski definition) is 1. The Morgan fingerprint density at radius 1 is 1.09 bits per heavy atom. The molecule has 1 heterocycles. The molecule has 1 aromatic heterocycles. The quantitative estimate of drug-likeness (QED) is 0.203. The molecule has 1 N–H and O–H groups in total. The third-order valence-electron chi connectivity index (χ3n) is 4.68. The predicted molar refractivity (Wildman–Crippen MR) is 127 cm³/mol. The zero-order chi connectivity index (χ0) is 22.3. The lowest BCUT2D eigenvalue weighted by molar-refractivity contribution is -0.384. The average molecular weight is 445 g/mol. The van der Waals surface area contributed by atoms with Crippen LogP contribution < -0.4 is 10.2 Å². The lowest BCUT2D eigenvalue weighted by atomic mass is 10.1. The Labute approximate surface area is 189 Å². The molecule has 0 aliphatic carbocycles. The molecule has 4 rings (SSSR count). The largest absolute Gasteiger partial charge is 0.488 e. The second-order valence-corrected chi connectivity index (χ2v) is 7.88. The summed E-state index contributed by atoms with van der Waals surface area (Å²) in [7, 11) is 0. The number of hydrazone groups is 1. The number of ether oxygens (including phenoxy) is 1. The minimum absolute atomic E-state index is 0.0511. The van der Waals surface area contributed by atoms with Gasteiger partial charge in [0.15, 0.2) is 0 Å². The summed E-state index contributed by atoms with van der Waals surface area (Å²) in [6.07, 6.45) is 1.69. The number of aryl methyl sites for hydroxylation is 1. The fourth-order valence-corrected chi connectivity index (χ4v) is 3.60. The Hall–Kier alpha value is -4.04. The topological polar surface area (TPSA) is 89.7 Å². The molecule has 0 fully saturated rings. The zero-order valence-corrected chi connectivity index (χ0v) is 18.1. The number of anilines is 1. The van der Waals surface area contributed by atoms with Crippen molar-refractivity contribution in [2.75, 3.05) is 5.43 Å². The first-order valence-corrected chi connectivity index (χ1v) is 10.7. The molecule has 0 aliphatic rings. The van der Waals surface area contributed by atoms with Crippen LogP contribution in [0.2, 0.25) is 0 Å². The van der Waals surface area contributed by atoms with Crippen LogP contribution in [0.3, 0.4) is 0 Å². The van der Waals surface area contributed by atoms with E-state index in [1.54, 1.807) is 18.3 Å². The molecule has 0 aliphatic heterocycles. The molecule has 160 valence electrons. The number of nitrogens with zero attached hydrogens (tertiary/aromatic N) is 3. The van der Waals surface area contributed by atoms with Gasteiger partial charge in [0.25, 0.3) is 5.69 Å². The number of aromatic nitrogens is 1. The van der Waals surface area contributed by atoms with Gasteiger partial charge in [-0.3, -0.25) is 15.5 Å². The molecule has 32 heavy (non-hydrogen) atoms. The highest BCUT2D eigenvalue weighted by Crippen LogP contribution is 2.26. The highest BCUT2D eigenvalue weighted by atomic mass is 32.1. The van der Waals surface area contributed by atoms with Crippen LogP contribution in [0.25, 0.3) is 11.3 Å². The molecule has 3 aromatic carbocycles. The average Bonchev–Trinajstić information content (AvgIpc) is 3.28. The number of nitro benzene ring substituents is 1. The van der Waals surface area contributed by atoms with Crippen molar-refractivity contribution < 1.29 is 9.66 Å². The van der Waals surface area contributed by atoms with Gasteiger partial charge in [-0.15, -0.1) is 11.3 Å². The second-order valence-electron chi connectivity index (χ2n) is 7.02. The summed E-state index contributed by atoms with van der Waals surface area (Å²) in [6, 6.07) is 22.2. The maximum atomic E-state index is 10.8. The van der Waals surface area contributed by atoms with Crippen LogP contribution in [0.15, 0.2) is 83.3 Å². The van der Waals surface area contributed by atoms with Crippen molar-refractivity contribution in [2.24, 2.45) is 5.10 Å². The number of nitrogens with one attached hydrogen (secondary N) is 1. The van der Waals surface area contributed by atoms with Gasteiger partial charge in [-0.1, -0.05) is 42.0 Å². The molecule has 0 unspecified atom stereocenters. The SMILES string of the molecule is Cc1ccc(COc2ccccc2/C=N/Nc2nc(-c3ccc([N+](=O)[O-])cc3)cs2)cc1. The summed E-state index contributed by atoms with van der Waals surface area (Å²) in [5.74, 6) is 0.740. The number of para-hydroxylation sites is 1. The third kappa shape index (κ3) is 5.35. The number of non-ortho nitro benzene ring substituents is 1. The number of rotatable bonds is 8. The Morgan fingerprint density at radius 2 is 1.84 bits per heavy atom. The normalized spacial score (nSPS) is 10.9. The van der Waals surface area contributed by atoms with Gasteiger partial charge in [-0.05, 0) is 36.8 Å². The maximum Gasteiger partial charge on any atom is 0.269 e. The fourth-order valence-electron chi connectivity index (χ4n) is 2.93. The van der Waals surface area contributed by atoms with Crippen LogP contribution in [0.5, 0.6) is 5.75 Å². The molecule has 0 saturated carbocycles. The molecule has 0 radical (unpaired) electrons. The van der Waals surface area contributed by atoms with E-state index in [-0.39, 0.29) is 5.69 Å². The number of benzene rings is 3. The first-order chi connectivity index (χ1) is 15.6. The molecule has 0 saturated heterocycles. The van der Waals surface area contributed by atoms with E-state index in [4.69, 9.17) is 4.74 Å². The molecule has 0 spiro atoms. The van der Waals surface area contributed by atoms with Crippen LogP contribution in [0.1, 0.15) is 16.7 Å². The summed E-state index contributed by atoms with van der Waals surface area (Å²) in [5.41, 5.74) is 7.67. The molecular weight excluding hydrogens is 424 g/mol. The Morgan fingerprint density at radius 3 is 2.59 bits per heavy atom. The number of hydrogen-bond acceptors (Lipinski definition) is 7. The van der Waals surface area contributed by atoms with Crippen molar-refractivity contribution in [3.05, 3.63) is 105 Å². The van der Waals surface area contributed by atoms with Crippen molar-refractivity contribution in [1.29, 1.82) is 0 Å². The van der Waals surface area contributed by atoms with Gasteiger partial charge in [-0.25, -0.2) is 4.98 Å². The molecule has 7 nitrogen and oxygen atoms in total. The highest BCUT2D eigenvalue weighted by molar-refractivity contribution is 7.14. The number of thiazole rings is 1. The Balaban J connectivity index is 1.39. The summed E-state index contributed by atoms with van der Waals surface area (Å²) in [4.78, 5) is 14.9. The monoisotopic (exact) mass is 444 g/mol. The molecule has 4 aromatic rings. The molecule has 0 bridgehead atoms. The van der Waals surface area contributed by atoms with Crippen molar-refractivity contribution >= 4 is 28.4 Å². The lowest BCUT2D eigenvalue weighted by Crippen LogP contribution is -1.99. The van der Waals surface area contributed by atoms with Crippen LogP contribution in [0, 0.1) is 17.0 Å². The molecular formula is C24H20N4O3S. The summed E-state index contributed by atoms with van der Waals surface area (Å²) >= 11 is 1.40. The predicted octanol–water partition coefficient (Wildman–Crippen LogP) is 6.05. The van der Waals surface area contributed by atoms with Gasteiger partial charge >= 0.3 is 0 Å². The third-order valence-corrected chi connectivity index (χ3v) is 5.42. The van der Waals surface area contributed by atoms with Crippen LogP contribution in [0.4, 0.5) is 10.8 Å². The smallest absolute Gasteiger partial charge is 0.269 e.